The van der Waals surface area contributed by atoms with E-state index in [0.717, 1.165) is 78.0 Å². The first-order valence-electron chi connectivity index (χ1n) is 25.6. The van der Waals surface area contributed by atoms with Crippen LogP contribution in [0.1, 0.15) is 11.1 Å². The summed E-state index contributed by atoms with van der Waals surface area (Å²) in [7, 11) is -4.33. The number of furan rings is 2. The average Bonchev–Trinajstić information content (AvgIpc) is 4.08. The van der Waals surface area contributed by atoms with Crippen molar-refractivity contribution in [3.63, 3.8) is 0 Å². The Labute approximate surface area is 427 Å². The molecule has 1 aliphatic rings. The zero-order valence-electron chi connectivity index (χ0n) is 42.0. The summed E-state index contributed by atoms with van der Waals surface area (Å²) in [5, 5.41) is 12.2. The molecule has 6 heteroatoms. The molecule has 0 spiro atoms. The Morgan fingerprint density at radius 3 is 1.38 bits per heavy atom. The van der Waals surface area contributed by atoms with Gasteiger partial charge >= 0.3 is 0 Å². The minimum absolute atomic E-state index is 0.139. The molecule has 0 N–H and O–H groups in total. The second-order valence-electron chi connectivity index (χ2n) is 22.0. The van der Waals surface area contributed by atoms with Crippen LogP contribution >= 0.6 is 0 Å². The summed E-state index contributed by atoms with van der Waals surface area (Å²) in [5.74, 6) is 0. The summed E-state index contributed by atoms with van der Waals surface area (Å²) in [4.78, 5) is 4.85. The fourth-order valence-corrected chi connectivity index (χ4v) is 26.7. The molecule has 0 atom stereocenters. The van der Waals surface area contributed by atoms with Gasteiger partial charge in [0.1, 0.15) is 22.3 Å². The van der Waals surface area contributed by atoms with Gasteiger partial charge in [0.05, 0.1) is 38.3 Å². The molecule has 0 aliphatic heterocycles. The van der Waals surface area contributed by atoms with Crippen LogP contribution in [0.4, 0.5) is 34.1 Å². The first-order chi connectivity index (χ1) is 35.5. The molecule has 352 valence electrons. The highest BCUT2D eigenvalue weighted by molar-refractivity contribution is 7.00. The van der Waals surface area contributed by atoms with Crippen molar-refractivity contribution >= 4 is 126 Å². The SMILES string of the molecule is C[Si](C)(C)C1([Si](C)(C)C)c2cc3cc(N(c4ccccc4)c4cccc5oc6ccccc6c45)ccc3cc2-c2c1c1ccc(N(c3ccccc3)c3cccc4oc5ccccc5c34)cc1c1ccccc21. The summed E-state index contributed by atoms with van der Waals surface area (Å²) in [6.07, 6.45) is 0. The number of fused-ring (bicyclic) bond motifs is 15. The third kappa shape index (κ3) is 6.30. The van der Waals surface area contributed by atoms with Crippen molar-refractivity contribution in [2.24, 2.45) is 0 Å². The standard InChI is InChI=1S/C67H54N2O2Si2/c1-72(2,3)67(73(4,5)6)56-41-44-39-47(68(45-21-9-7-10-22-45)57-29-19-33-61-64(57)52-27-15-17-31-59(52)70-61)36-35-43(44)40-55(56)63-50-26-14-13-25-49(50)54-42-48(37-38-51(54)66(63)67)69(46-23-11-8-12-24-46)58-30-20-34-62-65(58)53-28-16-18-32-60(53)71-62/h7-42H,1-6H3. The fourth-order valence-electron chi connectivity index (χ4n) is 13.6. The molecule has 4 nitrogen and oxygen atoms in total. The minimum Gasteiger partial charge on any atom is -0.456 e. The molecule has 2 heterocycles. The number of hydrogen-bond acceptors (Lipinski definition) is 4. The highest BCUT2D eigenvalue weighted by Crippen LogP contribution is 2.62. The van der Waals surface area contributed by atoms with Crippen molar-refractivity contribution < 1.29 is 8.83 Å². The predicted molar refractivity (Wildman–Crippen MR) is 316 cm³/mol. The number of rotatable bonds is 8. The molecule has 2 aromatic heterocycles. The molecule has 13 aromatic rings. The Morgan fingerprint density at radius 2 is 0.822 bits per heavy atom. The molecular formula is C67H54N2O2Si2. The van der Waals surface area contributed by atoms with Crippen LogP contribution in [0, 0.1) is 0 Å². The van der Waals surface area contributed by atoms with Crippen molar-refractivity contribution in [1.29, 1.82) is 0 Å². The van der Waals surface area contributed by atoms with Gasteiger partial charge in [0, 0.05) is 38.2 Å². The van der Waals surface area contributed by atoms with E-state index in [9.17, 15) is 0 Å². The molecule has 73 heavy (non-hydrogen) atoms. The summed E-state index contributed by atoms with van der Waals surface area (Å²) in [6, 6.07) is 80.2. The van der Waals surface area contributed by atoms with Gasteiger partial charge in [0.25, 0.3) is 0 Å². The zero-order chi connectivity index (χ0) is 49.4. The second-order valence-corrected chi connectivity index (χ2v) is 33.0. The first-order valence-corrected chi connectivity index (χ1v) is 32.6. The molecule has 0 unspecified atom stereocenters. The van der Waals surface area contributed by atoms with Crippen molar-refractivity contribution in [3.05, 3.63) is 230 Å². The van der Waals surface area contributed by atoms with Gasteiger partial charge in [-0.05, 0) is 146 Å². The molecule has 0 saturated carbocycles. The van der Waals surface area contributed by atoms with Crippen molar-refractivity contribution in [2.75, 3.05) is 9.80 Å². The molecule has 0 fully saturated rings. The van der Waals surface area contributed by atoms with Crippen LogP contribution < -0.4 is 9.80 Å². The molecule has 0 radical (unpaired) electrons. The smallest absolute Gasteiger partial charge is 0.137 e. The van der Waals surface area contributed by atoms with E-state index in [0.29, 0.717) is 0 Å². The number of hydrogen-bond donors (Lipinski definition) is 0. The fraction of sp³-hybridized carbons (Fsp3) is 0.104. The van der Waals surface area contributed by atoms with Crippen LogP contribution in [0.3, 0.4) is 0 Å². The quantitative estimate of drug-likeness (QED) is 0.112. The van der Waals surface area contributed by atoms with Crippen LogP contribution in [0.15, 0.2) is 227 Å². The van der Waals surface area contributed by atoms with E-state index in [-0.39, 0.29) is 4.66 Å². The van der Waals surface area contributed by atoms with Gasteiger partial charge in [0.2, 0.25) is 0 Å². The summed E-state index contributed by atoms with van der Waals surface area (Å²) >= 11 is 0. The summed E-state index contributed by atoms with van der Waals surface area (Å²) in [6.45, 7) is 15.8. The van der Waals surface area contributed by atoms with E-state index in [2.05, 4.69) is 267 Å². The van der Waals surface area contributed by atoms with Gasteiger partial charge in [-0.1, -0.05) is 167 Å². The highest BCUT2D eigenvalue weighted by Gasteiger charge is 2.60. The molecule has 0 saturated heterocycles. The van der Waals surface area contributed by atoms with Crippen LogP contribution in [-0.4, -0.2) is 16.1 Å². The van der Waals surface area contributed by atoms with Crippen LogP contribution in [-0.2, 0) is 4.66 Å². The van der Waals surface area contributed by atoms with Gasteiger partial charge in [0.15, 0.2) is 0 Å². The molecule has 0 amide bonds. The maximum Gasteiger partial charge on any atom is 0.137 e. The van der Waals surface area contributed by atoms with Gasteiger partial charge in [-0.25, -0.2) is 0 Å². The average molecular weight is 975 g/mol. The topological polar surface area (TPSA) is 32.8 Å². The lowest BCUT2D eigenvalue weighted by Crippen LogP contribution is -2.63. The molecule has 14 rings (SSSR count). The lowest BCUT2D eigenvalue weighted by molar-refractivity contribution is 0.668. The van der Waals surface area contributed by atoms with E-state index in [1.807, 2.05) is 0 Å². The molecular weight excluding hydrogens is 921 g/mol. The molecule has 11 aromatic carbocycles. The predicted octanol–water partition coefficient (Wildman–Crippen LogP) is 19.9. The van der Waals surface area contributed by atoms with E-state index >= 15 is 0 Å². The third-order valence-electron chi connectivity index (χ3n) is 16.1. The monoisotopic (exact) mass is 974 g/mol. The lowest BCUT2D eigenvalue weighted by Gasteiger charge is -2.51. The van der Waals surface area contributed by atoms with Crippen LogP contribution in [0.2, 0.25) is 39.3 Å². The van der Waals surface area contributed by atoms with Crippen molar-refractivity contribution in [3.8, 4) is 11.1 Å². The Bertz CT molecular complexity index is 4360. The largest absolute Gasteiger partial charge is 0.456 e. The van der Waals surface area contributed by atoms with Gasteiger partial charge in [-0.15, -0.1) is 0 Å². The van der Waals surface area contributed by atoms with E-state index in [4.69, 9.17) is 8.83 Å². The lowest BCUT2D eigenvalue weighted by atomic mass is 9.90. The second kappa shape index (κ2) is 15.9. The van der Waals surface area contributed by atoms with Crippen molar-refractivity contribution in [1.82, 2.24) is 0 Å². The maximum absolute atomic E-state index is 6.50. The first kappa shape index (κ1) is 43.6. The highest BCUT2D eigenvalue weighted by atomic mass is 28.4. The van der Waals surface area contributed by atoms with Gasteiger partial charge in [-0.2, -0.15) is 0 Å². The summed E-state index contributed by atoms with van der Waals surface area (Å²) < 4.78 is 12.8. The van der Waals surface area contributed by atoms with Crippen molar-refractivity contribution in [2.45, 2.75) is 43.9 Å². The Balaban J connectivity index is 1.02. The van der Waals surface area contributed by atoms with Gasteiger partial charge < -0.3 is 18.6 Å². The summed E-state index contributed by atoms with van der Waals surface area (Å²) in [5.41, 5.74) is 16.0. The van der Waals surface area contributed by atoms with Crippen LogP contribution in [0.25, 0.3) is 87.3 Å². The Hall–Kier alpha value is -8.17. The maximum atomic E-state index is 6.50. The number of para-hydroxylation sites is 4. The Morgan fingerprint density at radius 1 is 0.342 bits per heavy atom. The third-order valence-corrected chi connectivity index (χ3v) is 26.1. The zero-order valence-corrected chi connectivity index (χ0v) is 44.0. The van der Waals surface area contributed by atoms with E-state index < -0.39 is 16.1 Å². The number of nitrogens with zero attached hydrogens (tertiary/aromatic N) is 2. The van der Waals surface area contributed by atoms with Gasteiger partial charge in [-0.3, -0.25) is 0 Å². The van der Waals surface area contributed by atoms with E-state index in [1.54, 1.807) is 0 Å². The number of benzene rings is 11. The minimum atomic E-state index is -2.16. The number of anilines is 6. The van der Waals surface area contributed by atoms with E-state index in [1.165, 1.54) is 54.6 Å². The Kier molecular flexibility index (Phi) is 9.51. The normalized spacial score (nSPS) is 13.5. The van der Waals surface area contributed by atoms with Crippen LogP contribution in [0.5, 0.6) is 0 Å². The molecule has 0 bridgehead atoms. The molecule has 1 aliphatic carbocycles.